The van der Waals surface area contributed by atoms with Gasteiger partial charge in [-0.15, -0.1) is 0 Å². The molecule has 1 heterocycles. The molecule has 2 N–H and O–H groups in total. The van der Waals surface area contributed by atoms with Crippen molar-refractivity contribution in [1.29, 1.82) is 0 Å². The van der Waals surface area contributed by atoms with Gasteiger partial charge < -0.3 is 19.6 Å². The normalized spacial score (nSPS) is 11.9. The van der Waals surface area contributed by atoms with E-state index in [1.165, 1.54) is 7.11 Å². The van der Waals surface area contributed by atoms with Crippen LogP contribution >= 0.6 is 0 Å². The minimum atomic E-state index is -0.725. The van der Waals surface area contributed by atoms with Crippen molar-refractivity contribution in [1.82, 2.24) is 0 Å². The number of nitrogens with two attached hydrogens (primary N) is 1. The Morgan fingerprint density at radius 3 is 2.70 bits per heavy atom. The molecule has 5 heteroatoms. The van der Waals surface area contributed by atoms with Crippen LogP contribution in [0.1, 0.15) is 5.76 Å². The lowest BCUT2D eigenvalue weighted by Gasteiger charge is -2.07. The predicted molar refractivity (Wildman–Crippen MR) is 74.4 cm³/mol. The maximum absolute atomic E-state index is 11.3. The minimum Gasteiger partial charge on any atom is -0.496 e. The van der Waals surface area contributed by atoms with E-state index in [1.54, 1.807) is 13.2 Å². The number of furan rings is 1. The molecule has 0 saturated heterocycles. The van der Waals surface area contributed by atoms with Gasteiger partial charge in [0, 0.05) is 6.42 Å². The predicted octanol–water partition coefficient (Wildman–Crippen LogP) is 2.00. The van der Waals surface area contributed by atoms with E-state index in [1.807, 2.05) is 30.3 Å². The molecule has 0 aliphatic carbocycles. The number of hydrogen-bond acceptors (Lipinski definition) is 5. The van der Waals surface area contributed by atoms with Crippen molar-refractivity contribution < 1.29 is 18.7 Å². The summed E-state index contributed by atoms with van der Waals surface area (Å²) in [5.74, 6) is 1.57. The summed E-state index contributed by atoms with van der Waals surface area (Å²) in [5, 5.41) is 0. The van der Waals surface area contributed by atoms with E-state index in [0.29, 0.717) is 17.9 Å². The Labute approximate surface area is 117 Å². The highest BCUT2D eigenvalue weighted by atomic mass is 16.5. The third-order valence-electron chi connectivity index (χ3n) is 2.96. The van der Waals surface area contributed by atoms with Crippen LogP contribution in [-0.4, -0.2) is 26.2 Å². The molecule has 0 spiro atoms. The maximum atomic E-state index is 11.3. The summed E-state index contributed by atoms with van der Waals surface area (Å²) in [7, 11) is 2.92. The highest BCUT2D eigenvalue weighted by Gasteiger charge is 2.17. The lowest BCUT2D eigenvalue weighted by Crippen LogP contribution is -2.33. The Bertz CT molecular complexity index is 591. The fourth-order valence-corrected chi connectivity index (χ4v) is 1.93. The maximum Gasteiger partial charge on any atom is 0.323 e. The quantitative estimate of drug-likeness (QED) is 0.845. The van der Waals surface area contributed by atoms with Crippen LogP contribution in [-0.2, 0) is 16.0 Å². The lowest BCUT2D eigenvalue weighted by molar-refractivity contribution is -0.142. The molecule has 2 rings (SSSR count). The van der Waals surface area contributed by atoms with Gasteiger partial charge in [-0.3, -0.25) is 4.79 Å². The highest BCUT2D eigenvalue weighted by molar-refractivity contribution is 5.75. The molecule has 106 valence electrons. The summed E-state index contributed by atoms with van der Waals surface area (Å²) in [5.41, 5.74) is 6.56. The zero-order valence-corrected chi connectivity index (χ0v) is 11.5. The summed E-state index contributed by atoms with van der Waals surface area (Å²) in [6, 6.07) is 10.5. The Morgan fingerprint density at radius 1 is 1.25 bits per heavy atom. The molecule has 1 unspecified atom stereocenters. The standard InChI is InChI=1S/C15H17NO4/c1-18-13-6-4-3-5-11(13)14-8-7-10(20-14)9-12(16)15(17)19-2/h3-8,12H,9,16H2,1-2H3. The molecule has 2 aromatic rings. The van der Waals surface area contributed by atoms with E-state index in [4.69, 9.17) is 14.9 Å². The number of carbonyl (C=O) groups is 1. The van der Waals surface area contributed by atoms with E-state index in [2.05, 4.69) is 4.74 Å². The number of esters is 1. The van der Waals surface area contributed by atoms with Gasteiger partial charge in [-0.1, -0.05) is 12.1 Å². The topological polar surface area (TPSA) is 74.7 Å². The first kappa shape index (κ1) is 14.1. The Kier molecular flexibility index (Phi) is 4.42. The van der Waals surface area contributed by atoms with Crippen molar-refractivity contribution in [2.24, 2.45) is 5.73 Å². The van der Waals surface area contributed by atoms with Crippen LogP contribution in [0.4, 0.5) is 0 Å². The largest absolute Gasteiger partial charge is 0.496 e. The number of rotatable bonds is 5. The minimum absolute atomic E-state index is 0.293. The third-order valence-corrected chi connectivity index (χ3v) is 2.96. The van der Waals surface area contributed by atoms with Crippen LogP contribution in [0.5, 0.6) is 5.75 Å². The lowest BCUT2D eigenvalue weighted by atomic mass is 10.1. The molecule has 0 aliphatic heterocycles. The van der Waals surface area contributed by atoms with Gasteiger partial charge >= 0.3 is 5.97 Å². The van der Waals surface area contributed by atoms with Crippen molar-refractivity contribution in [3.05, 3.63) is 42.2 Å². The van der Waals surface area contributed by atoms with Crippen molar-refractivity contribution in [3.63, 3.8) is 0 Å². The molecule has 1 aromatic carbocycles. The van der Waals surface area contributed by atoms with Crippen molar-refractivity contribution in [3.8, 4) is 17.1 Å². The Morgan fingerprint density at radius 2 is 2.00 bits per heavy atom. The van der Waals surface area contributed by atoms with Gasteiger partial charge in [0.25, 0.3) is 0 Å². The number of ether oxygens (including phenoxy) is 2. The number of methoxy groups -OCH3 is 2. The highest BCUT2D eigenvalue weighted by Crippen LogP contribution is 2.31. The second kappa shape index (κ2) is 6.25. The van der Waals surface area contributed by atoms with Gasteiger partial charge in [0.1, 0.15) is 23.3 Å². The molecule has 0 amide bonds. The average molecular weight is 275 g/mol. The summed E-state index contributed by atoms with van der Waals surface area (Å²) >= 11 is 0. The molecular weight excluding hydrogens is 258 g/mol. The molecule has 0 aliphatic rings. The van der Waals surface area contributed by atoms with Crippen molar-refractivity contribution in [2.45, 2.75) is 12.5 Å². The SMILES string of the molecule is COC(=O)C(N)Cc1ccc(-c2ccccc2OC)o1. The molecule has 20 heavy (non-hydrogen) atoms. The summed E-state index contributed by atoms with van der Waals surface area (Å²) in [4.78, 5) is 11.3. The van der Waals surface area contributed by atoms with Crippen LogP contribution in [0.3, 0.4) is 0 Å². The van der Waals surface area contributed by atoms with E-state index in [-0.39, 0.29) is 0 Å². The molecule has 0 bridgehead atoms. The fourth-order valence-electron chi connectivity index (χ4n) is 1.93. The van der Waals surface area contributed by atoms with Crippen molar-refractivity contribution in [2.75, 3.05) is 14.2 Å². The molecule has 0 radical (unpaired) electrons. The van der Waals surface area contributed by atoms with Crippen LogP contribution in [0.25, 0.3) is 11.3 Å². The summed E-state index contributed by atoms with van der Waals surface area (Å²) < 4.78 is 15.6. The second-order valence-electron chi connectivity index (χ2n) is 4.30. The molecule has 1 aromatic heterocycles. The van der Waals surface area contributed by atoms with E-state index in [9.17, 15) is 4.79 Å². The smallest absolute Gasteiger partial charge is 0.323 e. The fraction of sp³-hybridized carbons (Fsp3) is 0.267. The van der Waals surface area contributed by atoms with Gasteiger partial charge in [0.05, 0.1) is 19.8 Å². The van der Waals surface area contributed by atoms with Crippen LogP contribution in [0, 0.1) is 0 Å². The summed E-state index contributed by atoms with van der Waals surface area (Å²) in [6.07, 6.45) is 0.293. The average Bonchev–Trinajstić information content (AvgIpc) is 2.94. The van der Waals surface area contributed by atoms with Gasteiger partial charge in [-0.25, -0.2) is 0 Å². The zero-order valence-electron chi connectivity index (χ0n) is 11.5. The second-order valence-corrected chi connectivity index (χ2v) is 4.30. The molecular formula is C15H17NO4. The van der Waals surface area contributed by atoms with E-state index >= 15 is 0 Å². The molecule has 0 fully saturated rings. The van der Waals surface area contributed by atoms with Crippen molar-refractivity contribution >= 4 is 5.97 Å². The molecule has 0 saturated carbocycles. The van der Waals surface area contributed by atoms with Crippen LogP contribution < -0.4 is 10.5 Å². The number of benzene rings is 1. The van der Waals surface area contributed by atoms with Gasteiger partial charge in [-0.05, 0) is 24.3 Å². The Hall–Kier alpha value is -2.27. The first-order chi connectivity index (χ1) is 9.65. The number of carbonyl (C=O) groups excluding carboxylic acids is 1. The molecule has 5 nitrogen and oxygen atoms in total. The zero-order chi connectivity index (χ0) is 14.5. The van der Waals surface area contributed by atoms with Crippen LogP contribution in [0.2, 0.25) is 0 Å². The summed E-state index contributed by atoms with van der Waals surface area (Å²) in [6.45, 7) is 0. The first-order valence-corrected chi connectivity index (χ1v) is 6.21. The monoisotopic (exact) mass is 275 g/mol. The number of hydrogen-bond donors (Lipinski definition) is 1. The first-order valence-electron chi connectivity index (χ1n) is 6.21. The third kappa shape index (κ3) is 3.00. The van der Waals surface area contributed by atoms with Gasteiger partial charge in [0.15, 0.2) is 0 Å². The number of para-hydroxylation sites is 1. The van der Waals surface area contributed by atoms with Crippen LogP contribution in [0.15, 0.2) is 40.8 Å². The Balaban J connectivity index is 2.19. The molecule has 1 atom stereocenters. The van der Waals surface area contributed by atoms with Gasteiger partial charge in [0.2, 0.25) is 0 Å². The van der Waals surface area contributed by atoms with E-state index < -0.39 is 12.0 Å². The van der Waals surface area contributed by atoms with E-state index in [0.717, 1.165) is 11.3 Å². The van der Waals surface area contributed by atoms with Gasteiger partial charge in [-0.2, -0.15) is 0 Å².